The summed E-state index contributed by atoms with van der Waals surface area (Å²) in [4.78, 5) is 25.2. The molecular formula is C18H20N6O5S. The van der Waals surface area contributed by atoms with Gasteiger partial charge in [-0.25, -0.2) is 17.9 Å². The van der Waals surface area contributed by atoms with Crippen LogP contribution in [-0.4, -0.2) is 62.7 Å². The third-order valence-corrected chi connectivity index (χ3v) is 7.51. The van der Waals surface area contributed by atoms with Crippen LogP contribution in [0, 0.1) is 0 Å². The van der Waals surface area contributed by atoms with Gasteiger partial charge in [-0.3, -0.25) is 9.36 Å². The molecule has 0 atom stereocenters. The zero-order valence-electron chi connectivity index (χ0n) is 16.3. The van der Waals surface area contributed by atoms with Gasteiger partial charge >= 0.3 is 5.76 Å². The van der Waals surface area contributed by atoms with Gasteiger partial charge in [0.1, 0.15) is 5.69 Å². The molecule has 0 bridgehead atoms. The molecule has 11 nitrogen and oxygen atoms in total. The van der Waals surface area contributed by atoms with Crippen LogP contribution in [0.25, 0.3) is 11.1 Å². The van der Waals surface area contributed by atoms with E-state index in [0.29, 0.717) is 29.8 Å². The zero-order valence-corrected chi connectivity index (χ0v) is 17.1. The first-order chi connectivity index (χ1) is 14.3. The molecule has 0 unspecified atom stereocenters. The average Bonchev–Trinajstić information content (AvgIpc) is 3.36. The van der Waals surface area contributed by atoms with Gasteiger partial charge in [-0.1, -0.05) is 5.21 Å². The van der Waals surface area contributed by atoms with E-state index in [1.165, 1.54) is 34.1 Å². The van der Waals surface area contributed by atoms with E-state index in [1.807, 2.05) is 0 Å². The van der Waals surface area contributed by atoms with E-state index < -0.39 is 15.8 Å². The Morgan fingerprint density at radius 3 is 2.77 bits per heavy atom. The molecule has 5 rings (SSSR count). The number of rotatable bonds is 5. The predicted molar refractivity (Wildman–Crippen MR) is 104 cm³/mol. The molecule has 2 fully saturated rings. The molecule has 0 aliphatic carbocycles. The second kappa shape index (κ2) is 6.77. The lowest BCUT2D eigenvalue weighted by molar-refractivity contribution is -0.128. The van der Waals surface area contributed by atoms with Crippen LogP contribution >= 0.6 is 0 Å². The number of hydrogen-bond acceptors (Lipinski definition) is 7. The van der Waals surface area contributed by atoms with Crippen molar-refractivity contribution in [2.45, 2.75) is 30.3 Å². The van der Waals surface area contributed by atoms with Crippen LogP contribution in [0.2, 0.25) is 0 Å². The van der Waals surface area contributed by atoms with Gasteiger partial charge in [-0.15, -0.1) is 5.10 Å². The van der Waals surface area contributed by atoms with Gasteiger partial charge in [0.25, 0.3) is 0 Å². The number of oxazole rings is 1. The number of hydrogen-bond donors (Lipinski definition) is 0. The largest absolute Gasteiger partial charge is 0.419 e. The zero-order chi connectivity index (χ0) is 21.0. The molecule has 12 heteroatoms. The number of carbonyl (C=O) groups is 1. The molecule has 30 heavy (non-hydrogen) atoms. The average molecular weight is 432 g/mol. The van der Waals surface area contributed by atoms with Crippen molar-refractivity contribution in [2.24, 2.45) is 7.05 Å². The molecule has 1 aromatic carbocycles. The van der Waals surface area contributed by atoms with Crippen molar-refractivity contribution in [3.8, 4) is 0 Å². The first kappa shape index (κ1) is 19.0. The fraction of sp³-hybridized carbons (Fsp3) is 0.444. The van der Waals surface area contributed by atoms with Crippen LogP contribution in [-0.2, 0) is 28.4 Å². The number of fused-ring (bicyclic) bond motifs is 1. The Balaban J connectivity index is 1.29. The van der Waals surface area contributed by atoms with E-state index in [2.05, 4.69) is 10.3 Å². The maximum Gasteiger partial charge on any atom is 0.419 e. The minimum absolute atomic E-state index is 0.108. The monoisotopic (exact) mass is 432 g/mol. The fourth-order valence-corrected chi connectivity index (χ4v) is 5.36. The summed E-state index contributed by atoms with van der Waals surface area (Å²) in [6.07, 6.45) is 3.21. The molecule has 158 valence electrons. The summed E-state index contributed by atoms with van der Waals surface area (Å²) in [5.41, 5.74) is 1.46. The van der Waals surface area contributed by atoms with Crippen LogP contribution < -0.4 is 5.76 Å². The molecule has 0 saturated carbocycles. The maximum atomic E-state index is 12.9. The fourth-order valence-electron chi connectivity index (χ4n) is 3.83. The summed E-state index contributed by atoms with van der Waals surface area (Å²) in [5, 5.41) is 8.22. The Labute approximate surface area is 171 Å². The second-order valence-electron chi connectivity index (χ2n) is 7.64. The Morgan fingerprint density at radius 1 is 1.23 bits per heavy atom. The Bertz CT molecular complexity index is 1300. The van der Waals surface area contributed by atoms with Gasteiger partial charge in [-0.2, -0.15) is 4.31 Å². The number of amides is 1. The SMILES string of the molecule is Cn1c(=O)oc2ccc(S(=O)(=O)N3CC(n4cc(CN5CCCC5=O)nn4)C3)cc21. The van der Waals surface area contributed by atoms with Crippen LogP contribution in [0.3, 0.4) is 0 Å². The van der Waals surface area contributed by atoms with Crippen molar-refractivity contribution >= 4 is 27.0 Å². The highest BCUT2D eigenvalue weighted by atomic mass is 32.2. The van der Waals surface area contributed by atoms with Gasteiger partial charge in [0, 0.05) is 33.1 Å². The smallest absolute Gasteiger partial charge is 0.408 e. The van der Waals surface area contributed by atoms with Crippen LogP contribution in [0.4, 0.5) is 0 Å². The Morgan fingerprint density at radius 2 is 2.03 bits per heavy atom. The molecule has 2 aliphatic rings. The molecule has 4 heterocycles. The normalized spacial score (nSPS) is 18.4. The topological polar surface area (TPSA) is 124 Å². The van der Waals surface area contributed by atoms with E-state index in [-0.39, 0.29) is 29.9 Å². The summed E-state index contributed by atoms with van der Waals surface area (Å²) < 4.78 is 35.2. The third-order valence-electron chi connectivity index (χ3n) is 5.69. The standard InChI is InChI=1S/C18H20N6O5S/c1-21-15-7-14(4-5-16(15)29-18(21)26)30(27,28)23-10-13(11-23)24-9-12(19-20-24)8-22-6-2-3-17(22)25/h4-5,7,9,13H,2-3,6,8,10-11H2,1H3. The summed E-state index contributed by atoms with van der Waals surface area (Å²) in [7, 11) is -2.17. The van der Waals surface area contributed by atoms with Gasteiger partial charge in [0.2, 0.25) is 15.9 Å². The van der Waals surface area contributed by atoms with Gasteiger partial charge < -0.3 is 9.32 Å². The van der Waals surface area contributed by atoms with E-state index >= 15 is 0 Å². The predicted octanol–water partition coefficient (Wildman–Crippen LogP) is 0.0910. The Hall–Kier alpha value is -2.99. The molecule has 0 N–H and O–H groups in total. The van der Waals surface area contributed by atoms with Gasteiger partial charge in [-0.05, 0) is 24.6 Å². The highest BCUT2D eigenvalue weighted by molar-refractivity contribution is 7.89. The van der Waals surface area contributed by atoms with Gasteiger partial charge in [0.15, 0.2) is 5.58 Å². The van der Waals surface area contributed by atoms with Crippen molar-refractivity contribution in [3.63, 3.8) is 0 Å². The maximum absolute atomic E-state index is 12.9. The number of likely N-dealkylation sites (tertiary alicyclic amines) is 1. The first-order valence-electron chi connectivity index (χ1n) is 9.61. The highest BCUT2D eigenvalue weighted by Crippen LogP contribution is 2.29. The van der Waals surface area contributed by atoms with Crippen molar-refractivity contribution in [3.05, 3.63) is 40.6 Å². The molecule has 0 radical (unpaired) electrons. The van der Waals surface area contributed by atoms with Gasteiger partial charge in [0.05, 0.1) is 29.2 Å². The number of sulfonamides is 1. The third kappa shape index (κ3) is 3.03. The van der Waals surface area contributed by atoms with Crippen molar-refractivity contribution in [2.75, 3.05) is 19.6 Å². The molecule has 3 aromatic rings. The lowest BCUT2D eigenvalue weighted by Gasteiger charge is -2.37. The second-order valence-corrected chi connectivity index (χ2v) is 9.58. The number of aryl methyl sites for hydroxylation is 1. The lowest BCUT2D eigenvalue weighted by atomic mass is 10.2. The number of aromatic nitrogens is 4. The van der Waals surface area contributed by atoms with E-state index in [9.17, 15) is 18.0 Å². The van der Waals surface area contributed by atoms with Crippen molar-refractivity contribution < 1.29 is 17.6 Å². The van der Waals surface area contributed by atoms with Crippen molar-refractivity contribution in [1.29, 1.82) is 0 Å². The van der Waals surface area contributed by atoms with Crippen molar-refractivity contribution in [1.82, 2.24) is 28.8 Å². The summed E-state index contributed by atoms with van der Waals surface area (Å²) in [6.45, 7) is 1.71. The minimum Gasteiger partial charge on any atom is -0.408 e. The molecule has 2 saturated heterocycles. The number of carbonyl (C=O) groups excluding carboxylic acids is 1. The van der Waals surface area contributed by atoms with E-state index in [4.69, 9.17) is 4.42 Å². The molecule has 2 aromatic heterocycles. The Kier molecular flexibility index (Phi) is 4.29. The van der Waals surface area contributed by atoms with Crippen LogP contribution in [0.1, 0.15) is 24.6 Å². The quantitative estimate of drug-likeness (QED) is 0.560. The molecule has 0 spiro atoms. The summed E-state index contributed by atoms with van der Waals surface area (Å²) in [6, 6.07) is 4.26. The summed E-state index contributed by atoms with van der Waals surface area (Å²) >= 11 is 0. The lowest BCUT2D eigenvalue weighted by Crippen LogP contribution is -2.50. The minimum atomic E-state index is -3.70. The van der Waals surface area contributed by atoms with Crippen LogP contribution in [0.5, 0.6) is 0 Å². The molecule has 2 aliphatic heterocycles. The van der Waals surface area contributed by atoms with E-state index in [0.717, 1.165) is 13.0 Å². The van der Waals surface area contributed by atoms with Crippen LogP contribution in [0.15, 0.2) is 38.5 Å². The molecular weight excluding hydrogens is 412 g/mol. The first-order valence-corrected chi connectivity index (χ1v) is 11.0. The highest BCUT2D eigenvalue weighted by Gasteiger charge is 2.38. The molecule has 1 amide bonds. The number of benzene rings is 1. The number of nitrogens with zero attached hydrogens (tertiary/aromatic N) is 6. The summed E-state index contributed by atoms with van der Waals surface area (Å²) in [5.74, 6) is -0.418. The van der Waals surface area contributed by atoms with E-state index in [1.54, 1.807) is 15.8 Å².